The molecule has 1 aromatic heterocycles. The van der Waals surface area contributed by atoms with Crippen LogP contribution in [0.2, 0.25) is 0 Å². The van der Waals surface area contributed by atoms with Gasteiger partial charge in [0, 0.05) is 23.7 Å². The van der Waals surface area contributed by atoms with Gasteiger partial charge in [0.25, 0.3) is 0 Å². The highest BCUT2D eigenvalue weighted by atomic mass is 16.6. The van der Waals surface area contributed by atoms with Crippen molar-refractivity contribution in [1.29, 1.82) is 0 Å². The van der Waals surface area contributed by atoms with Crippen LogP contribution in [0.1, 0.15) is 26.3 Å². The number of aliphatic carboxylic acids is 1. The number of pyridine rings is 1. The molecule has 1 unspecified atom stereocenters. The third kappa shape index (κ3) is 5.70. The topological polar surface area (TPSA) is 101 Å². The van der Waals surface area contributed by atoms with Crippen molar-refractivity contribution in [3.8, 4) is 0 Å². The van der Waals surface area contributed by atoms with Crippen LogP contribution in [0, 0.1) is 0 Å². The number of amides is 1. The van der Waals surface area contributed by atoms with Crippen LogP contribution in [0.5, 0.6) is 0 Å². The number of fused-ring (bicyclic) bond motifs is 1. The quantitative estimate of drug-likeness (QED) is 0.556. The van der Waals surface area contributed by atoms with Crippen LogP contribution in [0.4, 0.5) is 16.3 Å². The first-order valence-electron chi connectivity index (χ1n) is 9.63. The molecule has 156 valence electrons. The second-order valence-electron chi connectivity index (χ2n) is 7.94. The van der Waals surface area contributed by atoms with E-state index in [9.17, 15) is 14.7 Å². The van der Waals surface area contributed by atoms with Crippen molar-refractivity contribution < 1.29 is 19.4 Å². The zero-order valence-electron chi connectivity index (χ0n) is 17.2. The first-order valence-corrected chi connectivity index (χ1v) is 9.63. The number of carbonyl (C=O) groups is 2. The Balaban J connectivity index is 1.68. The fourth-order valence-corrected chi connectivity index (χ4v) is 2.97. The van der Waals surface area contributed by atoms with Crippen molar-refractivity contribution in [3.05, 3.63) is 66.4 Å². The number of nitrogens with zero attached hydrogens (tertiary/aromatic N) is 1. The van der Waals surface area contributed by atoms with E-state index in [0.717, 1.165) is 27.8 Å². The molecular weight excluding hydrogens is 382 g/mol. The van der Waals surface area contributed by atoms with Crippen molar-refractivity contribution in [2.75, 3.05) is 5.32 Å². The maximum absolute atomic E-state index is 11.9. The maximum atomic E-state index is 11.9. The fourth-order valence-electron chi connectivity index (χ4n) is 2.97. The van der Waals surface area contributed by atoms with E-state index in [0.29, 0.717) is 0 Å². The van der Waals surface area contributed by atoms with Gasteiger partial charge in [0.1, 0.15) is 17.5 Å². The predicted molar refractivity (Wildman–Crippen MR) is 116 cm³/mol. The number of carboxylic acids is 1. The molecule has 0 spiro atoms. The Kier molecular flexibility index (Phi) is 6.20. The molecule has 0 aliphatic carbocycles. The predicted octanol–water partition coefficient (Wildman–Crippen LogP) is 4.50. The fraction of sp³-hybridized carbons (Fsp3) is 0.261. The first kappa shape index (κ1) is 21.1. The Bertz CT molecular complexity index is 1040. The van der Waals surface area contributed by atoms with Gasteiger partial charge in [-0.25, -0.2) is 14.6 Å². The standard InChI is InChI=1S/C23H25N3O4/c1-23(2,3)30-22(29)26-19(21(27)28)14-15-8-10-17(11-9-15)25-20-18-7-5-4-6-16(18)12-13-24-20/h4-13,19H,14H2,1-3H3,(H,24,25)(H,26,29)(H,27,28). The highest BCUT2D eigenvalue weighted by Crippen LogP contribution is 2.24. The van der Waals surface area contributed by atoms with Gasteiger partial charge in [0.2, 0.25) is 0 Å². The molecule has 1 amide bonds. The lowest BCUT2D eigenvalue weighted by molar-refractivity contribution is -0.139. The monoisotopic (exact) mass is 407 g/mol. The van der Waals surface area contributed by atoms with E-state index >= 15 is 0 Å². The van der Waals surface area contributed by atoms with E-state index < -0.39 is 23.7 Å². The summed E-state index contributed by atoms with van der Waals surface area (Å²) < 4.78 is 5.15. The lowest BCUT2D eigenvalue weighted by Gasteiger charge is -2.22. The normalized spacial score (nSPS) is 12.2. The van der Waals surface area contributed by atoms with Gasteiger partial charge in [-0.3, -0.25) is 0 Å². The summed E-state index contributed by atoms with van der Waals surface area (Å²) >= 11 is 0. The van der Waals surface area contributed by atoms with Gasteiger partial charge in [0.15, 0.2) is 0 Å². The highest BCUT2D eigenvalue weighted by molar-refractivity contribution is 5.93. The molecule has 30 heavy (non-hydrogen) atoms. The minimum absolute atomic E-state index is 0.140. The van der Waals surface area contributed by atoms with Crippen LogP contribution in [0.15, 0.2) is 60.8 Å². The number of nitrogens with one attached hydrogen (secondary N) is 2. The summed E-state index contributed by atoms with van der Waals surface area (Å²) in [5.74, 6) is -0.376. The van der Waals surface area contributed by atoms with Gasteiger partial charge in [0.05, 0.1) is 0 Å². The average molecular weight is 407 g/mol. The number of anilines is 2. The molecular formula is C23H25N3O4. The molecule has 1 atom stereocenters. The molecule has 0 fully saturated rings. The molecule has 3 rings (SSSR count). The summed E-state index contributed by atoms with van der Waals surface area (Å²) in [6.07, 6.45) is 1.13. The minimum Gasteiger partial charge on any atom is -0.480 e. The summed E-state index contributed by atoms with van der Waals surface area (Å²) in [6, 6.07) is 16.2. The van der Waals surface area contributed by atoms with E-state index in [-0.39, 0.29) is 6.42 Å². The zero-order chi connectivity index (χ0) is 21.7. The van der Waals surface area contributed by atoms with E-state index in [1.807, 2.05) is 54.6 Å². The molecule has 0 bridgehead atoms. The molecule has 0 aliphatic rings. The van der Waals surface area contributed by atoms with Crippen LogP contribution in [0.3, 0.4) is 0 Å². The number of benzene rings is 2. The maximum Gasteiger partial charge on any atom is 0.408 e. The van der Waals surface area contributed by atoms with Gasteiger partial charge < -0.3 is 20.5 Å². The molecule has 1 heterocycles. The molecule has 7 nitrogen and oxygen atoms in total. The lowest BCUT2D eigenvalue weighted by Crippen LogP contribution is -2.44. The van der Waals surface area contributed by atoms with Gasteiger partial charge in [-0.05, 0) is 49.9 Å². The molecule has 0 radical (unpaired) electrons. The molecule has 2 aromatic carbocycles. The van der Waals surface area contributed by atoms with E-state index in [1.54, 1.807) is 27.0 Å². The summed E-state index contributed by atoms with van der Waals surface area (Å²) in [5, 5.41) is 17.2. The molecule has 7 heteroatoms. The smallest absolute Gasteiger partial charge is 0.408 e. The van der Waals surface area contributed by atoms with Crippen LogP contribution < -0.4 is 10.6 Å². The van der Waals surface area contributed by atoms with Crippen LogP contribution in [0.25, 0.3) is 10.8 Å². The number of aromatic nitrogens is 1. The zero-order valence-corrected chi connectivity index (χ0v) is 17.2. The number of rotatable bonds is 6. The Morgan fingerprint density at radius 3 is 2.43 bits per heavy atom. The number of ether oxygens (including phenoxy) is 1. The van der Waals surface area contributed by atoms with Gasteiger partial charge in [-0.15, -0.1) is 0 Å². The van der Waals surface area contributed by atoms with Crippen molar-refractivity contribution in [2.24, 2.45) is 0 Å². The first-order chi connectivity index (χ1) is 14.2. The van der Waals surface area contributed by atoms with Gasteiger partial charge >= 0.3 is 12.1 Å². The van der Waals surface area contributed by atoms with Crippen molar-refractivity contribution in [1.82, 2.24) is 10.3 Å². The van der Waals surface area contributed by atoms with Crippen molar-refractivity contribution in [2.45, 2.75) is 38.8 Å². The largest absolute Gasteiger partial charge is 0.480 e. The molecule has 0 saturated heterocycles. The van der Waals surface area contributed by atoms with Crippen LogP contribution in [-0.2, 0) is 16.0 Å². The van der Waals surface area contributed by atoms with Crippen molar-refractivity contribution >= 4 is 34.3 Å². The average Bonchev–Trinajstić information content (AvgIpc) is 2.67. The number of carboxylic acid groups (broad SMARTS) is 1. The van der Waals surface area contributed by atoms with E-state index in [1.165, 1.54) is 0 Å². The van der Waals surface area contributed by atoms with Crippen molar-refractivity contribution in [3.63, 3.8) is 0 Å². The Morgan fingerprint density at radius 1 is 1.07 bits per heavy atom. The molecule has 0 saturated carbocycles. The Hall–Kier alpha value is -3.61. The van der Waals surface area contributed by atoms with Crippen LogP contribution in [-0.4, -0.2) is 33.8 Å². The SMILES string of the molecule is CC(C)(C)OC(=O)NC(Cc1ccc(Nc2nccc3ccccc23)cc1)C(=O)O. The number of hydrogen-bond donors (Lipinski definition) is 3. The molecule has 0 aliphatic heterocycles. The summed E-state index contributed by atoms with van der Waals surface area (Å²) in [7, 11) is 0. The Morgan fingerprint density at radius 2 is 1.77 bits per heavy atom. The van der Waals surface area contributed by atoms with E-state index in [2.05, 4.69) is 15.6 Å². The van der Waals surface area contributed by atoms with Crippen LogP contribution >= 0.6 is 0 Å². The summed E-state index contributed by atoms with van der Waals surface area (Å²) in [6.45, 7) is 5.16. The van der Waals surface area contributed by atoms with Gasteiger partial charge in [-0.1, -0.05) is 36.4 Å². The minimum atomic E-state index is -1.12. The summed E-state index contributed by atoms with van der Waals surface area (Å²) in [4.78, 5) is 27.9. The third-order valence-electron chi connectivity index (χ3n) is 4.32. The second kappa shape index (κ2) is 8.82. The molecule has 3 N–H and O–H groups in total. The second-order valence-corrected chi connectivity index (χ2v) is 7.94. The third-order valence-corrected chi connectivity index (χ3v) is 4.32. The molecule has 3 aromatic rings. The Labute approximate surface area is 175 Å². The number of carbonyl (C=O) groups excluding carboxylic acids is 1. The van der Waals surface area contributed by atoms with Gasteiger partial charge in [-0.2, -0.15) is 0 Å². The summed E-state index contributed by atoms with van der Waals surface area (Å²) in [5.41, 5.74) is 0.903. The highest BCUT2D eigenvalue weighted by Gasteiger charge is 2.24. The number of hydrogen-bond acceptors (Lipinski definition) is 5. The van der Waals surface area contributed by atoms with E-state index in [4.69, 9.17) is 4.74 Å². The lowest BCUT2D eigenvalue weighted by atomic mass is 10.1. The number of alkyl carbamates (subject to hydrolysis) is 1.